The Balaban J connectivity index is 1.62. The number of benzene rings is 1. The van der Waals surface area contributed by atoms with Crippen LogP contribution in [0.15, 0.2) is 45.7 Å². The molecule has 0 unspecified atom stereocenters. The maximum atomic E-state index is 12.1. The van der Waals surface area contributed by atoms with Gasteiger partial charge in [0.2, 0.25) is 5.91 Å². The van der Waals surface area contributed by atoms with E-state index >= 15 is 0 Å². The number of hydrogen-bond donors (Lipinski definition) is 1. The third-order valence-electron chi connectivity index (χ3n) is 4.10. The van der Waals surface area contributed by atoms with Crippen molar-refractivity contribution in [3.05, 3.63) is 68.1 Å². The summed E-state index contributed by atoms with van der Waals surface area (Å²) in [5, 5.41) is 7.29. The van der Waals surface area contributed by atoms with Gasteiger partial charge >= 0.3 is 0 Å². The predicted molar refractivity (Wildman–Crippen MR) is 96.6 cm³/mol. The molecule has 1 N–H and O–H groups in total. The van der Waals surface area contributed by atoms with Crippen LogP contribution in [0.25, 0.3) is 6.08 Å². The molecule has 1 amide bonds. The average molecular weight is 388 g/mol. The van der Waals surface area contributed by atoms with Gasteiger partial charge in [0.25, 0.3) is 5.56 Å². The molecule has 0 saturated heterocycles. The van der Waals surface area contributed by atoms with E-state index in [0.29, 0.717) is 6.42 Å². The number of hydrogen-bond acceptors (Lipinski definition) is 3. The Labute approximate surface area is 148 Å². The minimum Gasteiger partial charge on any atom is -0.349 e. The van der Waals surface area contributed by atoms with E-state index < -0.39 is 0 Å². The Hall–Kier alpha value is -2.21. The van der Waals surface area contributed by atoms with E-state index in [0.717, 1.165) is 34.1 Å². The highest BCUT2D eigenvalue weighted by Gasteiger charge is 2.21. The smallest absolute Gasteiger partial charge is 0.266 e. The van der Waals surface area contributed by atoms with Gasteiger partial charge in [0.1, 0.15) is 0 Å². The SMILES string of the molecule is Cn1nc2c(cc1=O)C[C@H](NC(=O)/C=C/c1ccc(Br)cc1)CC2. The van der Waals surface area contributed by atoms with Gasteiger partial charge in [0.15, 0.2) is 0 Å². The molecule has 2 aromatic rings. The number of nitrogens with one attached hydrogen (secondary N) is 1. The van der Waals surface area contributed by atoms with Crippen molar-refractivity contribution in [2.45, 2.75) is 25.3 Å². The molecule has 1 aliphatic rings. The zero-order valence-corrected chi connectivity index (χ0v) is 14.9. The van der Waals surface area contributed by atoms with Gasteiger partial charge in [-0.15, -0.1) is 0 Å². The first-order valence-corrected chi connectivity index (χ1v) is 8.61. The Morgan fingerprint density at radius 1 is 1.38 bits per heavy atom. The number of rotatable bonds is 3. The van der Waals surface area contributed by atoms with Gasteiger partial charge in [0, 0.05) is 29.7 Å². The van der Waals surface area contributed by atoms with Crippen molar-refractivity contribution in [1.29, 1.82) is 0 Å². The van der Waals surface area contributed by atoms with Crippen molar-refractivity contribution < 1.29 is 4.79 Å². The fourth-order valence-corrected chi connectivity index (χ4v) is 3.07. The first-order chi connectivity index (χ1) is 11.5. The number of halogens is 1. The van der Waals surface area contributed by atoms with Crippen molar-refractivity contribution >= 4 is 27.9 Å². The molecule has 1 atom stereocenters. The molecule has 1 heterocycles. The first kappa shape index (κ1) is 16.6. The number of carbonyl (C=O) groups excluding carboxylic acids is 1. The molecular weight excluding hydrogens is 370 g/mol. The lowest BCUT2D eigenvalue weighted by molar-refractivity contribution is -0.117. The Morgan fingerprint density at radius 3 is 2.88 bits per heavy atom. The summed E-state index contributed by atoms with van der Waals surface area (Å²) in [4.78, 5) is 23.8. The molecule has 0 saturated carbocycles. The maximum absolute atomic E-state index is 12.1. The summed E-state index contributed by atoms with van der Waals surface area (Å²) in [6, 6.07) is 9.40. The van der Waals surface area contributed by atoms with E-state index in [4.69, 9.17) is 0 Å². The lowest BCUT2D eigenvalue weighted by Crippen LogP contribution is -2.39. The van der Waals surface area contributed by atoms with Crippen LogP contribution < -0.4 is 10.9 Å². The number of aromatic nitrogens is 2. The van der Waals surface area contributed by atoms with Crippen LogP contribution in [0, 0.1) is 0 Å². The lowest BCUT2D eigenvalue weighted by atomic mass is 9.92. The summed E-state index contributed by atoms with van der Waals surface area (Å²) < 4.78 is 2.36. The predicted octanol–water partition coefficient (Wildman–Crippen LogP) is 2.23. The van der Waals surface area contributed by atoms with Crippen LogP contribution in [0.3, 0.4) is 0 Å². The summed E-state index contributed by atoms with van der Waals surface area (Å²) in [5.41, 5.74) is 2.74. The average Bonchev–Trinajstić information content (AvgIpc) is 2.56. The molecule has 0 fully saturated rings. The van der Waals surface area contributed by atoms with Gasteiger partial charge < -0.3 is 5.32 Å². The molecule has 0 aliphatic heterocycles. The van der Waals surface area contributed by atoms with Crippen LogP contribution in [-0.2, 0) is 24.7 Å². The van der Waals surface area contributed by atoms with E-state index in [-0.39, 0.29) is 17.5 Å². The van der Waals surface area contributed by atoms with Crippen LogP contribution in [-0.4, -0.2) is 21.7 Å². The summed E-state index contributed by atoms with van der Waals surface area (Å²) in [6.07, 6.45) is 5.58. The second-order valence-electron chi connectivity index (χ2n) is 5.91. The summed E-state index contributed by atoms with van der Waals surface area (Å²) in [7, 11) is 1.66. The normalized spacial score (nSPS) is 16.8. The van der Waals surface area contributed by atoms with E-state index in [2.05, 4.69) is 26.3 Å². The Bertz CT molecular complexity index is 840. The van der Waals surface area contributed by atoms with E-state index in [1.807, 2.05) is 24.3 Å². The monoisotopic (exact) mass is 387 g/mol. The van der Waals surface area contributed by atoms with Crippen LogP contribution in [0.2, 0.25) is 0 Å². The van der Waals surface area contributed by atoms with Crippen LogP contribution >= 0.6 is 15.9 Å². The van der Waals surface area contributed by atoms with Crippen molar-refractivity contribution in [2.24, 2.45) is 7.05 Å². The minimum absolute atomic E-state index is 0.0356. The van der Waals surface area contributed by atoms with Crippen LogP contribution in [0.5, 0.6) is 0 Å². The third-order valence-corrected chi connectivity index (χ3v) is 4.63. The highest BCUT2D eigenvalue weighted by atomic mass is 79.9. The van der Waals surface area contributed by atoms with Gasteiger partial charge in [0.05, 0.1) is 5.69 Å². The second-order valence-corrected chi connectivity index (χ2v) is 6.83. The van der Waals surface area contributed by atoms with Gasteiger partial charge in [-0.3, -0.25) is 9.59 Å². The third kappa shape index (κ3) is 4.00. The van der Waals surface area contributed by atoms with E-state index in [1.54, 1.807) is 25.3 Å². The highest BCUT2D eigenvalue weighted by Crippen LogP contribution is 2.18. The molecule has 124 valence electrons. The van der Waals surface area contributed by atoms with E-state index in [9.17, 15) is 9.59 Å². The number of amides is 1. The molecule has 1 aromatic heterocycles. The first-order valence-electron chi connectivity index (χ1n) is 7.81. The fraction of sp³-hybridized carbons (Fsp3) is 0.278. The van der Waals surface area contributed by atoms with Crippen LogP contribution in [0.1, 0.15) is 23.2 Å². The topological polar surface area (TPSA) is 64.0 Å². The quantitative estimate of drug-likeness (QED) is 0.821. The molecule has 5 nitrogen and oxygen atoms in total. The summed E-state index contributed by atoms with van der Waals surface area (Å²) in [5.74, 6) is -0.122. The molecule has 0 radical (unpaired) electrons. The number of aryl methyl sites for hydroxylation is 2. The molecule has 0 bridgehead atoms. The summed E-state index contributed by atoms with van der Waals surface area (Å²) >= 11 is 3.38. The maximum Gasteiger partial charge on any atom is 0.266 e. The van der Waals surface area contributed by atoms with Crippen molar-refractivity contribution in [1.82, 2.24) is 15.1 Å². The van der Waals surface area contributed by atoms with Gasteiger partial charge in [-0.25, -0.2) is 4.68 Å². The molecule has 6 heteroatoms. The second kappa shape index (κ2) is 7.13. The Morgan fingerprint density at radius 2 is 2.12 bits per heavy atom. The van der Waals surface area contributed by atoms with E-state index in [1.165, 1.54) is 4.68 Å². The van der Waals surface area contributed by atoms with Crippen LogP contribution in [0.4, 0.5) is 0 Å². The zero-order chi connectivity index (χ0) is 17.1. The zero-order valence-electron chi connectivity index (χ0n) is 13.3. The van der Waals surface area contributed by atoms with Crippen molar-refractivity contribution in [3.8, 4) is 0 Å². The van der Waals surface area contributed by atoms with Crippen molar-refractivity contribution in [2.75, 3.05) is 0 Å². The largest absolute Gasteiger partial charge is 0.349 e. The number of fused-ring (bicyclic) bond motifs is 1. The standard InChI is InChI=1S/C18H18BrN3O2/c1-22-18(24)11-13-10-15(7-8-16(13)21-22)20-17(23)9-4-12-2-5-14(19)6-3-12/h2-6,9,11,15H,7-8,10H2,1H3,(H,20,23)/b9-4+/t15-/m1/s1. The molecule has 1 aliphatic carbocycles. The summed E-state index contributed by atoms with van der Waals surface area (Å²) in [6.45, 7) is 0. The molecule has 24 heavy (non-hydrogen) atoms. The Kier molecular flexibility index (Phi) is 4.94. The van der Waals surface area contributed by atoms with Crippen molar-refractivity contribution in [3.63, 3.8) is 0 Å². The molecule has 1 aromatic carbocycles. The highest BCUT2D eigenvalue weighted by molar-refractivity contribution is 9.10. The fourth-order valence-electron chi connectivity index (χ4n) is 2.80. The number of nitrogens with zero attached hydrogens (tertiary/aromatic N) is 2. The van der Waals surface area contributed by atoms with Gasteiger partial charge in [-0.1, -0.05) is 28.1 Å². The number of carbonyl (C=O) groups is 1. The van der Waals surface area contributed by atoms with Gasteiger partial charge in [-0.2, -0.15) is 5.10 Å². The lowest BCUT2D eigenvalue weighted by Gasteiger charge is -2.24. The minimum atomic E-state index is -0.122. The molecule has 3 rings (SSSR count). The molecular formula is C18H18BrN3O2. The van der Waals surface area contributed by atoms with Gasteiger partial charge in [-0.05, 0) is 48.6 Å². The molecule has 0 spiro atoms.